The van der Waals surface area contributed by atoms with E-state index in [1.54, 1.807) is 22.6 Å². The lowest BCUT2D eigenvalue weighted by Crippen LogP contribution is -2.15. The van der Waals surface area contributed by atoms with Crippen molar-refractivity contribution in [2.45, 2.75) is 6.42 Å². The van der Waals surface area contributed by atoms with Crippen LogP contribution in [0.3, 0.4) is 0 Å². The summed E-state index contributed by atoms with van der Waals surface area (Å²) in [4.78, 5) is 21.1. The molecule has 0 bridgehead atoms. The van der Waals surface area contributed by atoms with Gasteiger partial charge in [-0.1, -0.05) is 0 Å². The summed E-state index contributed by atoms with van der Waals surface area (Å²) in [7, 11) is 0. The van der Waals surface area contributed by atoms with Crippen molar-refractivity contribution in [1.82, 2.24) is 5.32 Å². The molecule has 1 rings (SSSR count). The van der Waals surface area contributed by atoms with Crippen molar-refractivity contribution in [3.05, 3.63) is 0 Å². The van der Waals surface area contributed by atoms with Gasteiger partial charge < -0.3 is 5.32 Å². The Kier molecular flexibility index (Phi) is 2.05. The largest absolute Gasteiger partial charge is 0.355 e. The van der Waals surface area contributed by atoms with Crippen molar-refractivity contribution in [2.24, 2.45) is 5.92 Å². The van der Waals surface area contributed by atoms with Gasteiger partial charge in [-0.3, -0.25) is 9.59 Å². The number of hydrogen-bond acceptors (Lipinski definition) is 2. The molecule has 0 aromatic carbocycles. The van der Waals surface area contributed by atoms with Gasteiger partial charge >= 0.3 is 0 Å². The van der Waals surface area contributed by atoms with Gasteiger partial charge in [-0.05, 0) is 22.6 Å². The van der Waals surface area contributed by atoms with E-state index in [4.69, 9.17) is 0 Å². The molecule has 0 aromatic rings. The van der Waals surface area contributed by atoms with Crippen LogP contribution in [0.1, 0.15) is 6.42 Å². The highest BCUT2D eigenvalue weighted by molar-refractivity contribution is 14.1. The molecule has 1 N–H and O–H groups in total. The molecule has 1 unspecified atom stereocenters. The van der Waals surface area contributed by atoms with Crippen molar-refractivity contribution in [3.8, 4) is 0 Å². The van der Waals surface area contributed by atoms with E-state index in [1.165, 1.54) is 0 Å². The number of halogens is 1. The average Bonchev–Trinajstić information content (AvgIpc) is 2.14. The molecule has 1 saturated heterocycles. The van der Waals surface area contributed by atoms with Crippen molar-refractivity contribution in [1.29, 1.82) is 0 Å². The summed E-state index contributed by atoms with van der Waals surface area (Å²) in [5, 5.41) is 2.59. The molecule has 50 valence electrons. The van der Waals surface area contributed by atoms with Crippen LogP contribution in [0.2, 0.25) is 0 Å². The summed E-state index contributed by atoms with van der Waals surface area (Å²) in [5.41, 5.74) is 0. The quantitative estimate of drug-likeness (QED) is 0.520. The first-order chi connectivity index (χ1) is 4.20. The van der Waals surface area contributed by atoms with Gasteiger partial charge in [-0.15, -0.1) is 0 Å². The molecule has 1 atom stereocenters. The number of nitrogens with one attached hydrogen (secondary N) is 1. The highest BCUT2D eigenvalue weighted by Gasteiger charge is 2.25. The normalized spacial score (nSPS) is 25.9. The topological polar surface area (TPSA) is 46.2 Å². The fourth-order valence-electron chi connectivity index (χ4n) is 0.766. The molecule has 4 heteroatoms. The van der Waals surface area contributed by atoms with Crippen LogP contribution in [-0.4, -0.2) is 16.2 Å². The Morgan fingerprint density at radius 2 is 2.44 bits per heavy atom. The molecule has 1 aliphatic heterocycles. The summed E-state index contributed by atoms with van der Waals surface area (Å²) in [6.07, 6.45) is 0.377. The van der Waals surface area contributed by atoms with Gasteiger partial charge in [-0.25, -0.2) is 0 Å². The van der Waals surface area contributed by atoms with Gasteiger partial charge in [0.05, 0.1) is 5.92 Å². The minimum Gasteiger partial charge on any atom is -0.355 e. The van der Waals surface area contributed by atoms with Crippen LogP contribution in [0.15, 0.2) is 0 Å². The molecular weight excluding hydrogens is 233 g/mol. The number of carbonyl (C=O) groups excluding carboxylic acids is 2. The van der Waals surface area contributed by atoms with E-state index in [2.05, 4.69) is 5.32 Å². The maximum atomic E-state index is 10.6. The fourth-order valence-corrected chi connectivity index (χ4v) is 1.21. The predicted molar refractivity (Wildman–Crippen MR) is 40.1 cm³/mol. The lowest BCUT2D eigenvalue weighted by molar-refractivity contribution is -0.120. The van der Waals surface area contributed by atoms with Gasteiger partial charge in [0.25, 0.3) is 0 Å². The first-order valence-electron chi connectivity index (χ1n) is 2.66. The van der Waals surface area contributed by atoms with Crippen LogP contribution >= 0.6 is 22.6 Å². The Labute approximate surface area is 66.3 Å². The minimum atomic E-state index is -0.0712. The van der Waals surface area contributed by atoms with Crippen LogP contribution < -0.4 is 5.32 Å². The maximum Gasteiger partial charge on any atom is 0.220 e. The van der Waals surface area contributed by atoms with Gasteiger partial charge in [0.1, 0.15) is 0 Å². The standard InChI is InChI=1S/C5H6INO2/c6-5(9)3-1-4(8)7-2-3/h3H,1-2H2,(H,7,8). The zero-order chi connectivity index (χ0) is 6.85. The maximum absolute atomic E-state index is 10.6. The second-order valence-electron chi connectivity index (χ2n) is 2.01. The molecule has 9 heavy (non-hydrogen) atoms. The Morgan fingerprint density at radius 1 is 1.78 bits per heavy atom. The summed E-state index contributed by atoms with van der Waals surface area (Å²) in [5.74, 6) is -0.0804. The Bertz CT molecular complexity index is 157. The van der Waals surface area contributed by atoms with Crippen LogP contribution in [0.5, 0.6) is 0 Å². The SMILES string of the molecule is O=C1CC(C(=O)I)CN1. The number of hydrogen-bond donors (Lipinski definition) is 1. The molecule has 1 aliphatic rings. The Balaban J connectivity index is 2.48. The van der Waals surface area contributed by atoms with E-state index >= 15 is 0 Å². The summed E-state index contributed by atoms with van der Waals surface area (Å²) < 4.78 is 0.0750. The van der Waals surface area contributed by atoms with Gasteiger partial charge in [-0.2, -0.15) is 0 Å². The second kappa shape index (κ2) is 2.64. The van der Waals surface area contributed by atoms with E-state index in [-0.39, 0.29) is 15.6 Å². The second-order valence-corrected chi connectivity index (χ2v) is 3.07. The van der Waals surface area contributed by atoms with Crippen molar-refractivity contribution in [2.75, 3.05) is 6.54 Å². The van der Waals surface area contributed by atoms with Crippen LogP contribution in [0, 0.1) is 5.92 Å². The Hall–Kier alpha value is -0.130. The highest BCUT2D eigenvalue weighted by Crippen LogP contribution is 2.12. The molecule has 0 aliphatic carbocycles. The van der Waals surface area contributed by atoms with Gasteiger partial charge in [0.15, 0.2) is 3.79 Å². The smallest absolute Gasteiger partial charge is 0.220 e. The predicted octanol–water partition coefficient (Wildman–Crippen LogP) is 0.0841. The first kappa shape index (κ1) is 6.98. The van der Waals surface area contributed by atoms with E-state index in [0.717, 1.165) is 0 Å². The lowest BCUT2D eigenvalue weighted by Gasteiger charge is -1.95. The van der Waals surface area contributed by atoms with Crippen LogP contribution in [0.4, 0.5) is 0 Å². The minimum absolute atomic E-state index is 0.00924. The molecule has 0 spiro atoms. The number of carbonyl (C=O) groups is 2. The Morgan fingerprint density at radius 3 is 2.67 bits per heavy atom. The van der Waals surface area contributed by atoms with Crippen molar-refractivity contribution in [3.63, 3.8) is 0 Å². The van der Waals surface area contributed by atoms with E-state index < -0.39 is 0 Å². The summed E-state index contributed by atoms with van der Waals surface area (Å²) >= 11 is 1.72. The fraction of sp³-hybridized carbons (Fsp3) is 0.600. The third-order valence-electron chi connectivity index (χ3n) is 1.30. The third kappa shape index (κ3) is 1.64. The molecule has 1 heterocycles. The van der Waals surface area contributed by atoms with Gasteiger partial charge in [0, 0.05) is 13.0 Å². The average molecular weight is 239 g/mol. The lowest BCUT2D eigenvalue weighted by atomic mass is 10.1. The monoisotopic (exact) mass is 239 g/mol. The number of amides is 1. The van der Waals surface area contributed by atoms with E-state index in [9.17, 15) is 9.59 Å². The summed E-state index contributed by atoms with van der Waals surface area (Å²) in [6.45, 7) is 0.528. The zero-order valence-electron chi connectivity index (χ0n) is 4.69. The van der Waals surface area contributed by atoms with E-state index in [0.29, 0.717) is 13.0 Å². The van der Waals surface area contributed by atoms with Crippen molar-refractivity contribution >= 4 is 32.3 Å². The molecule has 1 fully saturated rings. The molecule has 0 aromatic heterocycles. The number of rotatable bonds is 1. The van der Waals surface area contributed by atoms with Crippen molar-refractivity contribution < 1.29 is 9.59 Å². The highest BCUT2D eigenvalue weighted by atomic mass is 127. The first-order valence-corrected chi connectivity index (χ1v) is 3.74. The molecule has 0 saturated carbocycles. The summed E-state index contributed by atoms with van der Waals surface area (Å²) in [6, 6.07) is 0. The molecule has 3 nitrogen and oxygen atoms in total. The molecule has 0 radical (unpaired) electrons. The molecule has 1 amide bonds. The van der Waals surface area contributed by atoms with E-state index in [1.807, 2.05) is 0 Å². The van der Waals surface area contributed by atoms with Crippen LogP contribution in [-0.2, 0) is 9.59 Å². The van der Waals surface area contributed by atoms with Crippen LogP contribution in [0.25, 0.3) is 0 Å². The molecular formula is C5H6INO2. The van der Waals surface area contributed by atoms with Gasteiger partial charge in [0.2, 0.25) is 5.91 Å². The zero-order valence-corrected chi connectivity index (χ0v) is 6.84. The third-order valence-corrected chi connectivity index (χ3v) is 2.18.